The molecule has 1 saturated heterocycles. The normalized spacial score (nSPS) is 17.6. The molecule has 0 aromatic carbocycles. The molecule has 0 amide bonds. The molecule has 1 fully saturated rings. The van der Waals surface area contributed by atoms with Gasteiger partial charge < -0.3 is 19.9 Å². The first-order valence-corrected chi connectivity index (χ1v) is 7.98. The van der Waals surface area contributed by atoms with Crippen molar-refractivity contribution in [3.8, 4) is 0 Å². The van der Waals surface area contributed by atoms with Crippen molar-refractivity contribution in [1.29, 1.82) is 0 Å². The molecular formula is C15H31N3O2. The predicted molar refractivity (Wildman–Crippen MR) is 81.9 cm³/mol. The van der Waals surface area contributed by atoms with E-state index >= 15 is 0 Å². The van der Waals surface area contributed by atoms with Gasteiger partial charge in [-0.15, -0.1) is 0 Å². The number of nitrogens with zero attached hydrogens (tertiary/aromatic N) is 2. The van der Waals surface area contributed by atoms with Crippen molar-refractivity contribution in [2.24, 2.45) is 0 Å². The largest absolute Gasteiger partial charge is 0.465 e. The van der Waals surface area contributed by atoms with E-state index in [1.54, 1.807) is 0 Å². The molecule has 0 spiro atoms. The number of hydrogen-bond donors (Lipinski definition) is 1. The molecule has 0 aromatic heterocycles. The van der Waals surface area contributed by atoms with Gasteiger partial charge in [0.15, 0.2) is 0 Å². The summed E-state index contributed by atoms with van der Waals surface area (Å²) in [7, 11) is 2.08. The van der Waals surface area contributed by atoms with Crippen molar-refractivity contribution < 1.29 is 9.53 Å². The third-order valence-electron chi connectivity index (χ3n) is 3.70. The molecule has 1 unspecified atom stereocenters. The van der Waals surface area contributed by atoms with E-state index in [4.69, 9.17) is 4.74 Å². The topological polar surface area (TPSA) is 44.8 Å². The van der Waals surface area contributed by atoms with Crippen LogP contribution in [0.5, 0.6) is 0 Å². The fourth-order valence-corrected chi connectivity index (χ4v) is 2.51. The molecule has 1 aliphatic rings. The molecular weight excluding hydrogens is 254 g/mol. The highest BCUT2D eigenvalue weighted by Gasteiger charge is 2.21. The fraction of sp³-hybridized carbons (Fsp3) is 0.933. The van der Waals surface area contributed by atoms with E-state index in [1.165, 1.54) is 25.9 Å². The molecule has 118 valence electrons. The summed E-state index contributed by atoms with van der Waals surface area (Å²) in [5.41, 5.74) is 0. The van der Waals surface area contributed by atoms with Crippen LogP contribution in [0.15, 0.2) is 0 Å². The Morgan fingerprint density at radius 1 is 1.35 bits per heavy atom. The second kappa shape index (κ2) is 10.1. The maximum Gasteiger partial charge on any atom is 0.324 e. The highest BCUT2D eigenvalue weighted by atomic mass is 16.5. The zero-order valence-corrected chi connectivity index (χ0v) is 13.4. The van der Waals surface area contributed by atoms with Crippen LogP contribution in [0.1, 0.15) is 33.1 Å². The van der Waals surface area contributed by atoms with Crippen LogP contribution in [0.25, 0.3) is 0 Å². The van der Waals surface area contributed by atoms with Crippen molar-refractivity contribution in [3.63, 3.8) is 0 Å². The van der Waals surface area contributed by atoms with Crippen LogP contribution >= 0.6 is 0 Å². The van der Waals surface area contributed by atoms with E-state index in [2.05, 4.69) is 29.1 Å². The quantitative estimate of drug-likeness (QED) is 0.605. The van der Waals surface area contributed by atoms with Crippen LogP contribution in [0.2, 0.25) is 0 Å². The van der Waals surface area contributed by atoms with Gasteiger partial charge >= 0.3 is 5.97 Å². The van der Waals surface area contributed by atoms with Crippen LogP contribution in [0.4, 0.5) is 0 Å². The van der Waals surface area contributed by atoms with Gasteiger partial charge in [-0.2, -0.15) is 0 Å². The molecule has 0 aliphatic carbocycles. The van der Waals surface area contributed by atoms with Gasteiger partial charge in [-0.1, -0.05) is 6.92 Å². The SMILES string of the molecule is CCCNC(CN(C)CCN1CCCC1)C(=O)OCC. The number of ether oxygens (including phenoxy) is 1. The third-order valence-corrected chi connectivity index (χ3v) is 3.70. The highest BCUT2D eigenvalue weighted by Crippen LogP contribution is 2.06. The van der Waals surface area contributed by atoms with Gasteiger partial charge in [-0.05, 0) is 52.9 Å². The standard InChI is InChI=1S/C15H31N3O2/c1-4-8-16-14(15(19)20-5-2)13-17(3)11-12-18-9-6-7-10-18/h14,16H,4-13H2,1-3H3. The summed E-state index contributed by atoms with van der Waals surface area (Å²) in [6.07, 6.45) is 3.67. The van der Waals surface area contributed by atoms with Crippen molar-refractivity contribution in [2.75, 3.05) is 52.9 Å². The molecule has 20 heavy (non-hydrogen) atoms. The Kier molecular flexibility index (Phi) is 8.82. The van der Waals surface area contributed by atoms with Gasteiger partial charge in [-0.25, -0.2) is 0 Å². The van der Waals surface area contributed by atoms with E-state index in [-0.39, 0.29) is 12.0 Å². The number of rotatable bonds is 10. The number of likely N-dealkylation sites (N-methyl/N-ethyl adjacent to an activating group) is 1. The van der Waals surface area contributed by atoms with Crippen molar-refractivity contribution in [2.45, 2.75) is 39.2 Å². The Balaban J connectivity index is 2.31. The molecule has 0 radical (unpaired) electrons. The van der Waals surface area contributed by atoms with E-state index in [1.807, 2.05) is 6.92 Å². The zero-order valence-electron chi connectivity index (χ0n) is 13.4. The first kappa shape index (κ1) is 17.4. The molecule has 1 rings (SSSR count). The van der Waals surface area contributed by atoms with E-state index in [0.717, 1.165) is 26.1 Å². The summed E-state index contributed by atoms with van der Waals surface area (Å²) in [6, 6.07) is -0.210. The van der Waals surface area contributed by atoms with Gasteiger partial charge in [0.25, 0.3) is 0 Å². The maximum absolute atomic E-state index is 11.9. The number of esters is 1. The molecule has 1 atom stereocenters. The summed E-state index contributed by atoms with van der Waals surface area (Å²) < 4.78 is 5.14. The number of hydrogen-bond acceptors (Lipinski definition) is 5. The van der Waals surface area contributed by atoms with Gasteiger partial charge in [0.2, 0.25) is 0 Å². The summed E-state index contributed by atoms with van der Waals surface area (Å²) in [5, 5.41) is 3.28. The lowest BCUT2D eigenvalue weighted by atomic mass is 10.2. The van der Waals surface area contributed by atoms with Gasteiger partial charge in [0, 0.05) is 19.6 Å². The number of carbonyl (C=O) groups is 1. The lowest BCUT2D eigenvalue weighted by Gasteiger charge is -2.25. The number of likely N-dealkylation sites (tertiary alicyclic amines) is 1. The van der Waals surface area contributed by atoms with E-state index in [9.17, 15) is 4.79 Å². The summed E-state index contributed by atoms with van der Waals surface area (Å²) in [5.74, 6) is -0.131. The minimum absolute atomic E-state index is 0.131. The number of carbonyl (C=O) groups excluding carboxylic acids is 1. The second-order valence-corrected chi connectivity index (χ2v) is 5.57. The predicted octanol–water partition coefficient (Wildman–Crippen LogP) is 0.945. The Labute approximate surface area is 123 Å². The number of nitrogens with one attached hydrogen (secondary N) is 1. The van der Waals surface area contributed by atoms with Crippen LogP contribution < -0.4 is 5.32 Å². The molecule has 1 heterocycles. The van der Waals surface area contributed by atoms with Crippen molar-refractivity contribution in [3.05, 3.63) is 0 Å². The first-order chi connectivity index (χ1) is 9.67. The van der Waals surface area contributed by atoms with Crippen molar-refractivity contribution in [1.82, 2.24) is 15.1 Å². The van der Waals surface area contributed by atoms with E-state index < -0.39 is 0 Å². The molecule has 1 aliphatic heterocycles. The van der Waals surface area contributed by atoms with Gasteiger partial charge in [0.1, 0.15) is 6.04 Å². The Morgan fingerprint density at radius 3 is 2.65 bits per heavy atom. The third kappa shape index (κ3) is 6.68. The lowest BCUT2D eigenvalue weighted by Crippen LogP contribution is -2.47. The Hall–Kier alpha value is -0.650. The van der Waals surface area contributed by atoms with E-state index in [0.29, 0.717) is 13.2 Å². The molecule has 0 bridgehead atoms. The second-order valence-electron chi connectivity index (χ2n) is 5.57. The molecule has 5 nitrogen and oxygen atoms in total. The average Bonchev–Trinajstić information content (AvgIpc) is 2.94. The molecule has 0 aromatic rings. The lowest BCUT2D eigenvalue weighted by molar-refractivity contribution is -0.146. The maximum atomic E-state index is 11.9. The van der Waals surface area contributed by atoms with Crippen LogP contribution in [0, 0.1) is 0 Å². The summed E-state index contributed by atoms with van der Waals surface area (Å²) in [4.78, 5) is 16.6. The molecule has 5 heteroatoms. The monoisotopic (exact) mass is 285 g/mol. The highest BCUT2D eigenvalue weighted by molar-refractivity contribution is 5.76. The Bertz CT molecular complexity index is 268. The minimum atomic E-state index is -0.210. The fourth-order valence-electron chi connectivity index (χ4n) is 2.51. The molecule has 1 N–H and O–H groups in total. The van der Waals surface area contributed by atoms with Crippen molar-refractivity contribution >= 4 is 5.97 Å². The smallest absolute Gasteiger partial charge is 0.324 e. The van der Waals surface area contributed by atoms with Crippen LogP contribution in [-0.2, 0) is 9.53 Å². The average molecular weight is 285 g/mol. The first-order valence-electron chi connectivity index (χ1n) is 7.98. The zero-order chi connectivity index (χ0) is 14.8. The minimum Gasteiger partial charge on any atom is -0.465 e. The van der Waals surface area contributed by atoms with Crippen LogP contribution in [0.3, 0.4) is 0 Å². The Morgan fingerprint density at radius 2 is 2.05 bits per heavy atom. The van der Waals surface area contributed by atoms with Gasteiger partial charge in [0.05, 0.1) is 6.61 Å². The van der Waals surface area contributed by atoms with Crippen LogP contribution in [-0.4, -0.2) is 74.7 Å². The molecule has 0 saturated carbocycles. The summed E-state index contributed by atoms with van der Waals surface area (Å²) in [6.45, 7) is 10.5. The van der Waals surface area contributed by atoms with Gasteiger partial charge in [-0.3, -0.25) is 4.79 Å². The summed E-state index contributed by atoms with van der Waals surface area (Å²) >= 11 is 0.